The highest BCUT2D eigenvalue weighted by Gasteiger charge is 2.23. The van der Waals surface area contributed by atoms with Crippen molar-refractivity contribution in [3.8, 4) is 11.5 Å². The first-order chi connectivity index (χ1) is 18.0. The van der Waals surface area contributed by atoms with E-state index >= 15 is 0 Å². The summed E-state index contributed by atoms with van der Waals surface area (Å²) in [5.74, 6) is 3.18. The summed E-state index contributed by atoms with van der Waals surface area (Å²) < 4.78 is 5.83. The first kappa shape index (κ1) is 24.6. The summed E-state index contributed by atoms with van der Waals surface area (Å²) in [6, 6.07) is 26.0. The molecule has 1 aliphatic carbocycles. The molecule has 2 N–H and O–H groups in total. The molecule has 1 aliphatic rings. The van der Waals surface area contributed by atoms with Gasteiger partial charge in [0.15, 0.2) is 0 Å². The standard InChI is InChI=1S/C30H33N5O2/c1-35(2)29-26-10-6-7-11-27(26)33-30(34-29)32-23-16-14-22(15-17-23)31-28(36)20-21-12-18-25(19-13-21)37-24-8-4-3-5-9-24/h3-13,18-19,22-23H,14-17,20H2,1-2H3,(H,31,36)(H,32,33,34). The van der Waals surface area contributed by atoms with Gasteiger partial charge in [-0.3, -0.25) is 4.79 Å². The molecule has 3 aromatic carbocycles. The second-order valence-corrected chi connectivity index (χ2v) is 9.78. The Hall–Kier alpha value is -4.13. The van der Waals surface area contributed by atoms with E-state index in [0.29, 0.717) is 18.4 Å². The van der Waals surface area contributed by atoms with Gasteiger partial charge >= 0.3 is 0 Å². The Labute approximate surface area is 217 Å². The molecule has 0 radical (unpaired) electrons. The molecule has 0 unspecified atom stereocenters. The molecule has 1 aromatic heterocycles. The third-order valence-corrected chi connectivity index (χ3v) is 6.70. The van der Waals surface area contributed by atoms with Crippen LogP contribution in [0.5, 0.6) is 11.5 Å². The molecule has 1 amide bonds. The van der Waals surface area contributed by atoms with E-state index < -0.39 is 0 Å². The van der Waals surface area contributed by atoms with E-state index in [1.807, 2.05) is 91.8 Å². The fourth-order valence-corrected chi connectivity index (χ4v) is 4.79. The minimum absolute atomic E-state index is 0.0571. The molecule has 37 heavy (non-hydrogen) atoms. The van der Waals surface area contributed by atoms with Crippen LogP contribution >= 0.6 is 0 Å². The van der Waals surface area contributed by atoms with Crippen LogP contribution in [0.4, 0.5) is 11.8 Å². The number of nitrogens with zero attached hydrogens (tertiary/aromatic N) is 3. The highest BCUT2D eigenvalue weighted by atomic mass is 16.5. The highest BCUT2D eigenvalue weighted by Crippen LogP contribution is 2.26. The van der Waals surface area contributed by atoms with Gasteiger partial charge in [0.25, 0.3) is 0 Å². The quantitative estimate of drug-likeness (QED) is 0.333. The van der Waals surface area contributed by atoms with Crippen molar-refractivity contribution in [3.05, 3.63) is 84.4 Å². The molecular weight excluding hydrogens is 462 g/mol. The SMILES string of the molecule is CN(C)c1nc(NC2CCC(NC(=O)Cc3ccc(Oc4ccccc4)cc3)CC2)nc2ccccc12. The van der Waals surface area contributed by atoms with Crippen LogP contribution in [0.3, 0.4) is 0 Å². The molecule has 1 fully saturated rings. The maximum Gasteiger partial charge on any atom is 0.225 e. The van der Waals surface area contributed by atoms with E-state index in [1.54, 1.807) is 0 Å². The Morgan fingerprint density at radius 3 is 2.22 bits per heavy atom. The molecule has 7 nitrogen and oxygen atoms in total. The van der Waals surface area contributed by atoms with Crippen molar-refractivity contribution >= 4 is 28.6 Å². The molecule has 1 saturated carbocycles. The van der Waals surface area contributed by atoms with E-state index in [-0.39, 0.29) is 11.9 Å². The molecular formula is C30H33N5O2. The van der Waals surface area contributed by atoms with Gasteiger partial charge in [0.2, 0.25) is 11.9 Å². The largest absolute Gasteiger partial charge is 0.457 e. The number of anilines is 2. The molecule has 0 aliphatic heterocycles. The van der Waals surface area contributed by atoms with Gasteiger partial charge in [-0.25, -0.2) is 4.98 Å². The molecule has 7 heteroatoms. The number of fused-ring (bicyclic) bond motifs is 1. The molecule has 4 aromatic rings. The third-order valence-electron chi connectivity index (χ3n) is 6.70. The van der Waals surface area contributed by atoms with Crippen LogP contribution in [-0.2, 0) is 11.2 Å². The summed E-state index contributed by atoms with van der Waals surface area (Å²) in [7, 11) is 4.00. The number of para-hydroxylation sites is 2. The van der Waals surface area contributed by atoms with Crippen molar-refractivity contribution in [1.82, 2.24) is 15.3 Å². The van der Waals surface area contributed by atoms with Crippen LogP contribution in [0, 0.1) is 0 Å². The fraction of sp³-hybridized carbons (Fsp3) is 0.300. The van der Waals surface area contributed by atoms with Gasteiger partial charge in [-0.1, -0.05) is 42.5 Å². The summed E-state index contributed by atoms with van der Waals surface area (Å²) in [6.45, 7) is 0. The Morgan fingerprint density at radius 2 is 1.49 bits per heavy atom. The van der Waals surface area contributed by atoms with Gasteiger partial charge in [-0.2, -0.15) is 4.98 Å². The van der Waals surface area contributed by atoms with Crippen molar-refractivity contribution in [2.75, 3.05) is 24.3 Å². The van der Waals surface area contributed by atoms with E-state index in [9.17, 15) is 4.79 Å². The number of benzene rings is 3. The Morgan fingerprint density at radius 1 is 0.838 bits per heavy atom. The first-order valence-electron chi connectivity index (χ1n) is 12.9. The predicted octanol–water partition coefficient (Wildman–Crippen LogP) is 5.57. The zero-order valence-corrected chi connectivity index (χ0v) is 21.4. The van der Waals surface area contributed by atoms with E-state index in [0.717, 1.165) is 59.5 Å². The monoisotopic (exact) mass is 495 g/mol. The molecule has 190 valence electrons. The smallest absolute Gasteiger partial charge is 0.225 e. The van der Waals surface area contributed by atoms with Gasteiger partial charge in [0.05, 0.1) is 11.9 Å². The number of hydrogen-bond donors (Lipinski definition) is 2. The topological polar surface area (TPSA) is 79.4 Å². The van der Waals surface area contributed by atoms with Crippen LogP contribution < -0.4 is 20.3 Å². The number of carbonyl (C=O) groups is 1. The highest BCUT2D eigenvalue weighted by molar-refractivity contribution is 5.90. The van der Waals surface area contributed by atoms with E-state index in [4.69, 9.17) is 14.7 Å². The summed E-state index contributed by atoms with van der Waals surface area (Å²) in [5, 5.41) is 7.79. The zero-order chi connectivity index (χ0) is 25.6. The first-order valence-corrected chi connectivity index (χ1v) is 12.9. The Kier molecular flexibility index (Phi) is 7.49. The molecule has 0 bridgehead atoms. The van der Waals surface area contributed by atoms with Crippen LogP contribution in [0.15, 0.2) is 78.9 Å². The Bertz CT molecular complexity index is 1330. The van der Waals surface area contributed by atoms with Crippen molar-refractivity contribution in [3.63, 3.8) is 0 Å². The van der Waals surface area contributed by atoms with Gasteiger partial charge in [-0.15, -0.1) is 0 Å². The maximum atomic E-state index is 12.7. The number of ether oxygens (including phenoxy) is 1. The number of carbonyl (C=O) groups excluding carboxylic acids is 1. The molecule has 0 atom stereocenters. The van der Waals surface area contributed by atoms with Crippen LogP contribution in [0.2, 0.25) is 0 Å². The lowest BCUT2D eigenvalue weighted by Crippen LogP contribution is -2.40. The zero-order valence-electron chi connectivity index (χ0n) is 21.4. The summed E-state index contributed by atoms with van der Waals surface area (Å²) in [6.07, 6.45) is 4.15. The molecule has 0 spiro atoms. The van der Waals surface area contributed by atoms with Gasteiger partial charge in [0.1, 0.15) is 17.3 Å². The summed E-state index contributed by atoms with van der Waals surface area (Å²) in [4.78, 5) is 24.2. The van der Waals surface area contributed by atoms with Crippen LogP contribution in [-0.4, -0.2) is 42.1 Å². The second-order valence-electron chi connectivity index (χ2n) is 9.78. The number of aromatic nitrogens is 2. The lowest BCUT2D eigenvalue weighted by atomic mass is 9.91. The van der Waals surface area contributed by atoms with Crippen molar-refractivity contribution in [2.24, 2.45) is 0 Å². The second kappa shape index (κ2) is 11.3. The Balaban J connectivity index is 1.10. The summed E-state index contributed by atoms with van der Waals surface area (Å²) in [5.41, 5.74) is 1.91. The fourth-order valence-electron chi connectivity index (χ4n) is 4.79. The number of rotatable bonds is 8. The summed E-state index contributed by atoms with van der Waals surface area (Å²) >= 11 is 0. The molecule has 5 rings (SSSR count). The minimum atomic E-state index is 0.0571. The maximum absolute atomic E-state index is 12.7. The van der Waals surface area contributed by atoms with Crippen LogP contribution in [0.25, 0.3) is 10.9 Å². The average molecular weight is 496 g/mol. The van der Waals surface area contributed by atoms with Gasteiger partial charge in [-0.05, 0) is 67.6 Å². The number of hydrogen-bond acceptors (Lipinski definition) is 6. The van der Waals surface area contributed by atoms with Gasteiger partial charge < -0.3 is 20.3 Å². The predicted molar refractivity (Wildman–Crippen MR) is 148 cm³/mol. The minimum Gasteiger partial charge on any atom is -0.457 e. The van der Waals surface area contributed by atoms with Crippen molar-refractivity contribution in [2.45, 2.75) is 44.2 Å². The van der Waals surface area contributed by atoms with Gasteiger partial charge in [0, 0.05) is 31.6 Å². The van der Waals surface area contributed by atoms with E-state index in [1.165, 1.54) is 0 Å². The molecule has 1 heterocycles. The van der Waals surface area contributed by atoms with Crippen molar-refractivity contribution < 1.29 is 9.53 Å². The van der Waals surface area contributed by atoms with E-state index in [2.05, 4.69) is 16.7 Å². The lowest BCUT2D eigenvalue weighted by Gasteiger charge is -2.30. The van der Waals surface area contributed by atoms with Crippen LogP contribution in [0.1, 0.15) is 31.2 Å². The normalized spacial score (nSPS) is 17.2. The lowest BCUT2D eigenvalue weighted by molar-refractivity contribution is -0.121. The van der Waals surface area contributed by atoms with Crippen molar-refractivity contribution in [1.29, 1.82) is 0 Å². The number of amides is 1. The average Bonchev–Trinajstić information content (AvgIpc) is 2.91. The number of nitrogens with one attached hydrogen (secondary N) is 2. The molecule has 0 saturated heterocycles. The third kappa shape index (κ3) is 6.36.